The minimum Gasteiger partial charge on any atom is -0.376 e. The van der Waals surface area contributed by atoms with E-state index in [1.807, 2.05) is 6.07 Å². The van der Waals surface area contributed by atoms with Gasteiger partial charge >= 0.3 is 0 Å². The molecule has 3 aliphatic heterocycles. The molecule has 1 N–H and O–H groups in total. The zero-order chi connectivity index (χ0) is 17.1. The van der Waals surface area contributed by atoms with Gasteiger partial charge in [0.2, 0.25) is 5.91 Å². The number of carbonyl (C=O) groups excluding carboxylic acids is 1. The lowest BCUT2D eigenvalue weighted by atomic mass is 9.89. The number of rotatable bonds is 6. The van der Waals surface area contributed by atoms with E-state index in [0.29, 0.717) is 36.9 Å². The molecule has 3 unspecified atom stereocenters. The largest absolute Gasteiger partial charge is 0.376 e. The summed E-state index contributed by atoms with van der Waals surface area (Å²) < 4.78 is 5.80. The SMILES string of the molecule is O=C(CC1CC2CCC(C1)N2)N(Cc1ccccc1)CC1CCCO1. The fraction of sp³-hybridized carbons (Fsp3) is 0.667. The molecule has 25 heavy (non-hydrogen) atoms. The monoisotopic (exact) mass is 342 g/mol. The number of nitrogens with zero attached hydrogens (tertiary/aromatic N) is 1. The highest BCUT2D eigenvalue weighted by molar-refractivity contribution is 5.76. The van der Waals surface area contributed by atoms with Gasteiger partial charge in [-0.05, 0) is 50.0 Å². The number of benzene rings is 1. The summed E-state index contributed by atoms with van der Waals surface area (Å²) in [6.45, 7) is 2.29. The molecular weight excluding hydrogens is 312 g/mol. The molecular formula is C21H30N2O2. The van der Waals surface area contributed by atoms with Gasteiger partial charge in [-0.25, -0.2) is 0 Å². The fourth-order valence-electron chi connectivity index (χ4n) is 4.81. The molecule has 4 nitrogen and oxygen atoms in total. The zero-order valence-corrected chi connectivity index (χ0v) is 15.0. The summed E-state index contributed by atoms with van der Waals surface area (Å²) in [5.41, 5.74) is 1.21. The van der Waals surface area contributed by atoms with E-state index in [1.165, 1.54) is 31.2 Å². The Hall–Kier alpha value is -1.39. The number of piperidine rings is 1. The van der Waals surface area contributed by atoms with Gasteiger partial charge < -0.3 is 15.0 Å². The van der Waals surface area contributed by atoms with Crippen molar-refractivity contribution in [1.82, 2.24) is 10.2 Å². The van der Waals surface area contributed by atoms with E-state index < -0.39 is 0 Å². The van der Waals surface area contributed by atoms with E-state index in [1.54, 1.807) is 0 Å². The Kier molecular flexibility index (Phi) is 5.37. The molecule has 1 aromatic carbocycles. The van der Waals surface area contributed by atoms with Crippen molar-refractivity contribution in [2.75, 3.05) is 13.2 Å². The molecule has 0 radical (unpaired) electrons. The first-order valence-electron chi connectivity index (χ1n) is 9.95. The molecule has 3 heterocycles. The number of nitrogens with one attached hydrogen (secondary N) is 1. The Bertz CT molecular complexity index is 559. The van der Waals surface area contributed by atoms with Gasteiger partial charge in [0.25, 0.3) is 0 Å². The molecule has 3 atom stereocenters. The first-order valence-corrected chi connectivity index (χ1v) is 9.95. The van der Waals surface area contributed by atoms with Gasteiger partial charge in [0.15, 0.2) is 0 Å². The molecule has 1 aromatic rings. The van der Waals surface area contributed by atoms with Gasteiger partial charge in [-0.3, -0.25) is 4.79 Å². The van der Waals surface area contributed by atoms with E-state index in [9.17, 15) is 4.79 Å². The summed E-state index contributed by atoms with van der Waals surface area (Å²) in [5.74, 6) is 0.861. The molecule has 1 amide bonds. The number of hydrogen-bond donors (Lipinski definition) is 1. The summed E-state index contributed by atoms with van der Waals surface area (Å²) in [7, 11) is 0. The highest BCUT2D eigenvalue weighted by Gasteiger charge is 2.35. The maximum absolute atomic E-state index is 13.1. The van der Waals surface area contributed by atoms with Crippen molar-refractivity contribution < 1.29 is 9.53 Å². The van der Waals surface area contributed by atoms with Crippen LogP contribution in [0.15, 0.2) is 30.3 Å². The quantitative estimate of drug-likeness (QED) is 0.864. The summed E-state index contributed by atoms with van der Waals surface area (Å²) in [4.78, 5) is 15.1. The van der Waals surface area contributed by atoms with Gasteiger partial charge in [0.1, 0.15) is 0 Å². The van der Waals surface area contributed by atoms with Crippen LogP contribution < -0.4 is 5.32 Å². The number of amides is 1. The molecule has 136 valence electrons. The third-order valence-electron chi connectivity index (χ3n) is 6.05. The third kappa shape index (κ3) is 4.42. The number of ether oxygens (including phenoxy) is 1. The lowest BCUT2D eigenvalue weighted by Crippen LogP contribution is -2.42. The molecule has 0 spiro atoms. The Morgan fingerprint density at radius 1 is 1.12 bits per heavy atom. The van der Waals surface area contributed by atoms with E-state index in [2.05, 4.69) is 34.5 Å². The molecule has 3 fully saturated rings. The lowest BCUT2D eigenvalue weighted by Gasteiger charge is -2.31. The summed E-state index contributed by atoms with van der Waals surface area (Å²) in [5, 5.41) is 3.68. The number of carbonyl (C=O) groups is 1. The van der Waals surface area contributed by atoms with E-state index in [4.69, 9.17) is 4.74 Å². The van der Waals surface area contributed by atoms with Crippen LogP contribution in [-0.2, 0) is 16.1 Å². The van der Waals surface area contributed by atoms with Crippen LogP contribution in [0.4, 0.5) is 0 Å². The van der Waals surface area contributed by atoms with Crippen LogP contribution in [0, 0.1) is 5.92 Å². The first kappa shape index (κ1) is 17.0. The van der Waals surface area contributed by atoms with Gasteiger partial charge in [-0.2, -0.15) is 0 Å². The van der Waals surface area contributed by atoms with E-state index in [-0.39, 0.29) is 6.10 Å². The third-order valence-corrected chi connectivity index (χ3v) is 6.05. The van der Waals surface area contributed by atoms with Gasteiger partial charge in [-0.1, -0.05) is 30.3 Å². The van der Waals surface area contributed by atoms with Crippen LogP contribution in [0.25, 0.3) is 0 Å². The van der Waals surface area contributed by atoms with Gasteiger partial charge in [0, 0.05) is 38.2 Å². The average molecular weight is 342 g/mol. The van der Waals surface area contributed by atoms with Crippen LogP contribution in [0.2, 0.25) is 0 Å². The second kappa shape index (κ2) is 7.88. The second-order valence-corrected chi connectivity index (χ2v) is 8.07. The standard InChI is InChI=1S/C21H30N2O2/c24-21(13-17-11-18-8-9-19(12-17)22-18)23(15-20-7-4-10-25-20)14-16-5-2-1-3-6-16/h1-3,5-6,17-20,22H,4,7-15H2. The van der Waals surface area contributed by atoms with Crippen molar-refractivity contribution >= 4 is 5.91 Å². The van der Waals surface area contributed by atoms with Crippen LogP contribution >= 0.6 is 0 Å². The van der Waals surface area contributed by atoms with Gasteiger partial charge in [-0.15, -0.1) is 0 Å². The van der Waals surface area contributed by atoms with Crippen LogP contribution in [0.3, 0.4) is 0 Å². The Morgan fingerprint density at radius 3 is 2.56 bits per heavy atom. The van der Waals surface area contributed by atoms with Crippen molar-refractivity contribution in [2.45, 2.75) is 69.7 Å². The number of fused-ring (bicyclic) bond motifs is 2. The topological polar surface area (TPSA) is 41.6 Å². The highest BCUT2D eigenvalue weighted by atomic mass is 16.5. The van der Waals surface area contributed by atoms with E-state index in [0.717, 1.165) is 26.0 Å². The maximum Gasteiger partial charge on any atom is 0.223 e. The minimum absolute atomic E-state index is 0.219. The Morgan fingerprint density at radius 2 is 1.88 bits per heavy atom. The predicted molar refractivity (Wildman–Crippen MR) is 98.1 cm³/mol. The zero-order valence-electron chi connectivity index (χ0n) is 15.0. The molecule has 3 aliphatic rings. The fourth-order valence-corrected chi connectivity index (χ4v) is 4.81. The maximum atomic E-state index is 13.1. The minimum atomic E-state index is 0.219. The van der Waals surface area contributed by atoms with Crippen LogP contribution in [0.1, 0.15) is 50.5 Å². The van der Waals surface area contributed by atoms with Crippen molar-refractivity contribution in [1.29, 1.82) is 0 Å². The summed E-state index contributed by atoms with van der Waals surface area (Å²) in [6.07, 6.45) is 8.04. The molecule has 3 saturated heterocycles. The van der Waals surface area contributed by atoms with Crippen molar-refractivity contribution in [3.63, 3.8) is 0 Å². The van der Waals surface area contributed by atoms with Crippen molar-refractivity contribution in [2.24, 2.45) is 5.92 Å². The average Bonchev–Trinajstić information content (AvgIpc) is 3.25. The second-order valence-electron chi connectivity index (χ2n) is 8.07. The Balaban J connectivity index is 1.39. The van der Waals surface area contributed by atoms with Crippen molar-refractivity contribution in [3.8, 4) is 0 Å². The van der Waals surface area contributed by atoms with Gasteiger partial charge in [0.05, 0.1) is 6.10 Å². The lowest BCUT2D eigenvalue weighted by molar-refractivity contribution is -0.134. The Labute approximate surface area is 150 Å². The van der Waals surface area contributed by atoms with Crippen LogP contribution in [0.5, 0.6) is 0 Å². The van der Waals surface area contributed by atoms with Crippen LogP contribution in [-0.4, -0.2) is 42.1 Å². The predicted octanol–water partition coefficient (Wildman–Crippen LogP) is 3.11. The highest BCUT2D eigenvalue weighted by Crippen LogP contribution is 2.33. The van der Waals surface area contributed by atoms with E-state index >= 15 is 0 Å². The first-order chi connectivity index (χ1) is 12.3. The molecule has 2 bridgehead atoms. The number of hydrogen-bond acceptors (Lipinski definition) is 3. The summed E-state index contributed by atoms with van der Waals surface area (Å²) >= 11 is 0. The normalized spacial score (nSPS) is 31.2. The molecule has 4 heteroatoms. The molecule has 0 saturated carbocycles. The molecule has 0 aliphatic carbocycles. The summed E-state index contributed by atoms with van der Waals surface area (Å²) in [6, 6.07) is 11.7. The molecule has 0 aromatic heterocycles. The smallest absolute Gasteiger partial charge is 0.223 e. The van der Waals surface area contributed by atoms with Crippen molar-refractivity contribution in [3.05, 3.63) is 35.9 Å². The molecule has 4 rings (SSSR count).